The molecule has 0 aliphatic rings. The Morgan fingerprint density at radius 1 is 1.26 bits per heavy atom. The fourth-order valence-corrected chi connectivity index (χ4v) is 2.01. The van der Waals surface area contributed by atoms with Crippen molar-refractivity contribution < 1.29 is 22.8 Å². The Bertz CT molecular complexity index is 812. The van der Waals surface area contributed by atoms with Crippen molar-refractivity contribution in [2.45, 2.75) is 12.7 Å². The van der Waals surface area contributed by atoms with Crippen molar-refractivity contribution in [1.82, 2.24) is 15.6 Å². The lowest BCUT2D eigenvalue weighted by Crippen LogP contribution is -2.31. The first-order valence-corrected chi connectivity index (χ1v) is 7.54. The second-order valence-electron chi connectivity index (χ2n) is 5.25. The van der Waals surface area contributed by atoms with Crippen LogP contribution in [0.1, 0.15) is 11.3 Å². The predicted molar refractivity (Wildman–Crippen MR) is 92.4 cm³/mol. The van der Waals surface area contributed by atoms with Gasteiger partial charge in [0.05, 0.1) is 24.0 Å². The monoisotopic (exact) mass is 382 g/mol. The van der Waals surface area contributed by atoms with Gasteiger partial charge in [0, 0.05) is 17.6 Å². The molecule has 0 aliphatic carbocycles. The highest BCUT2D eigenvalue weighted by molar-refractivity contribution is 5.90. The number of nitrogens with zero attached hydrogens (tertiary/aromatic N) is 1. The van der Waals surface area contributed by atoms with Crippen LogP contribution in [0.4, 0.5) is 29.3 Å². The van der Waals surface area contributed by atoms with Crippen molar-refractivity contribution in [2.24, 2.45) is 5.90 Å². The number of halogens is 3. The molecule has 0 bridgehead atoms. The van der Waals surface area contributed by atoms with Crippen LogP contribution in [0.5, 0.6) is 0 Å². The number of aromatic nitrogens is 1. The number of anilines is 2. The van der Waals surface area contributed by atoms with Crippen LogP contribution in [-0.4, -0.2) is 11.0 Å². The van der Waals surface area contributed by atoms with Gasteiger partial charge in [0.15, 0.2) is 0 Å². The first-order chi connectivity index (χ1) is 12.8. The average Bonchev–Trinajstić information content (AvgIpc) is 2.60. The van der Waals surface area contributed by atoms with Crippen LogP contribution in [-0.2, 0) is 17.6 Å². The molecule has 1 heterocycles. The number of rotatable bonds is 6. The third kappa shape index (κ3) is 6.40. The molecule has 2 amide bonds. The number of hydrogen-bond donors (Lipinski definition) is 5. The Kier molecular flexibility index (Phi) is 6.44. The Morgan fingerprint density at radius 3 is 2.67 bits per heavy atom. The van der Waals surface area contributed by atoms with Crippen LogP contribution in [0.15, 0.2) is 54.7 Å². The number of nitrogen functional groups attached to an aromatic ring is 1. The van der Waals surface area contributed by atoms with E-state index in [0.717, 1.165) is 17.8 Å². The molecule has 1 aromatic heterocycles. The van der Waals surface area contributed by atoms with Crippen molar-refractivity contribution in [3.8, 4) is 0 Å². The highest BCUT2D eigenvalue weighted by Crippen LogP contribution is 2.32. The molecular weight excluding hydrogens is 365 g/mol. The van der Waals surface area contributed by atoms with Crippen molar-refractivity contribution in [2.75, 3.05) is 11.1 Å². The van der Waals surface area contributed by atoms with Gasteiger partial charge in [-0.25, -0.2) is 4.79 Å². The number of alkyl halides is 3. The maximum Gasteiger partial charge on any atom is 0.416 e. The molecule has 0 saturated carbocycles. The fraction of sp³-hybridized carbons (Fsp3) is 0.125. The molecular formula is C16H17F3N6O2. The molecule has 144 valence electrons. The molecule has 11 heteroatoms. The van der Waals surface area contributed by atoms with Gasteiger partial charge in [0.1, 0.15) is 0 Å². The summed E-state index contributed by atoms with van der Waals surface area (Å²) in [7, 11) is 0. The number of carbonyl (C=O) groups excluding carboxylic acids is 1. The summed E-state index contributed by atoms with van der Waals surface area (Å²) < 4.78 is 38.4. The zero-order chi connectivity index (χ0) is 19.9. The van der Waals surface area contributed by atoms with Crippen LogP contribution < -0.4 is 27.6 Å². The second-order valence-corrected chi connectivity index (χ2v) is 5.25. The van der Waals surface area contributed by atoms with Gasteiger partial charge in [-0.2, -0.15) is 19.1 Å². The van der Waals surface area contributed by atoms with Crippen molar-refractivity contribution in [3.63, 3.8) is 0 Å². The zero-order valence-electron chi connectivity index (χ0n) is 13.9. The largest absolute Gasteiger partial charge is 0.416 e. The van der Waals surface area contributed by atoms with Crippen LogP contribution in [0.25, 0.3) is 0 Å². The Labute approximate surface area is 152 Å². The zero-order valence-corrected chi connectivity index (χ0v) is 13.9. The number of nitrogens with two attached hydrogens (primary N) is 2. The number of carbonyl (C=O) groups is 1. The lowest BCUT2D eigenvalue weighted by Gasteiger charge is -2.13. The van der Waals surface area contributed by atoms with Crippen LogP contribution in [0.3, 0.4) is 0 Å². The molecule has 0 spiro atoms. The molecule has 0 radical (unpaired) electrons. The number of amides is 2. The third-order valence-electron chi connectivity index (χ3n) is 3.15. The van der Waals surface area contributed by atoms with Gasteiger partial charge in [-0.05, 0) is 30.3 Å². The topological polar surface area (TPSA) is 127 Å². The smallest absolute Gasteiger partial charge is 0.399 e. The molecule has 0 unspecified atom stereocenters. The first-order valence-electron chi connectivity index (χ1n) is 7.54. The van der Waals surface area contributed by atoms with E-state index in [2.05, 4.69) is 25.8 Å². The minimum absolute atomic E-state index is 0.141. The number of benzene rings is 1. The lowest BCUT2D eigenvalue weighted by atomic mass is 10.1. The summed E-state index contributed by atoms with van der Waals surface area (Å²) in [6, 6.07) is 7.18. The summed E-state index contributed by atoms with van der Waals surface area (Å²) in [6.45, 7) is 0.334. The van der Waals surface area contributed by atoms with Crippen molar-refractivity contribution in [3.05, 3.63) is 65.9 Å². The number of urea groups is 1. The summed E-state index contributed by atoms with van der Waals surface area (Å²) in [4.78, 5) is 20.5. The minimum Gasteiger partial charge on any atom is -0.399 e. The van der Waals surface area contributed by atoms with Gasteiger partial charge in [-0.15, -0.1) is 0 Å². The maximum absolute atomic E-state index is 12.8. The molecule has 7 N–H and O–H groups in total. The van der Waals surface area contributed by atoms with Crippen LogP contribution in [0, 0.1) is 0 Å². The van der Waals surface area contributed by atoms with Crippen molar-refractivity contribution >= 4 is 17.4 Å². The fourth-order valence-electron chi connectivity index (χ4n) is 2.01. The van der Waals surface area contributed by atoms with E-state index in [4.69, 9.17) is 11.6 Å². The summed E-state index contributed by atoms with van der Waals surface area (Å²) in [6.07, 6.45) is -1.70. The van der Waals surface area contributed by atoms with Gasteiger partial charge in [-0.1, -0.05) is 6.07 Å². The molecule has 8 nitrogen and oxygen atoms in total. The molecule has 1 aromatic carbocycles. The van der Waals surface area contributed by atoms with E-state index in [-0.39, 0.29) is 17.3 Å². The highest BCUT2D eigenvalue weighted by Gasteiger charge is 2.31. The van der Waals surface area contributed by atoms with E-state index >= 15 is 0 Å². The Balaban J connectivity index is 1.97. The van der Waals surface area contributed by atoms with Crippen LogP contribution in [0.2, 0.25) is 0 Å². The van der Waals surface area contributed by atoms with E-state index in [0.29, 0.717) is 6.54 Å². The third-order valence-corrected chi connectivity index (χ3v) is 3.15. The number of pyridine rings is 1. The SMILES string of the molecule is NO/C(=C\NCc1ccccn1)NC(=O)Nc1cc(N)cc(C(F)(F)F)c1. The van der Waals surface area contributed by atoms with Gasteiger partial charge in [0.25, 0.3) is 0 Å². The van der Waals surface area contributed by atoms with E-state index in [9.17, 15) is 18.0 Å². The van der Waals surface area contributed by atoms with Crippen molar-refractivity contribution in [1.29, 1.82) is 0 Å². The van der Waals surface area contributed by atoms with Gasteiger partial charge >= 0.3 is 12.2 Å². The Morgan fingerprint density at radius 2 is 2.04 bits per heavy atom. The number of nitrogens with one attached hydrogen (secondary N) is 3. The molecule has 27 heavy (non-hydrogen) atoms. The van der Waals surface area contributed by atoms with E-state index in [1.54, 1.807) is 24.4 Å². The highest BCUT2D eigenvalue weighted by atomic mass is 19.4. The molecule has 2 rings (SSSR count). The van der Waals surface area contributed by atoms with E-state index in [1.165, 1.54) is 12.3 Å². The normalized spacial score (nSPS) is 11.6. The van der Waals surface area contributed by atoms with Gasteiger partial charge in [0.2, 0.25) is 5.88 Å². The summed E-state index contributed by atoms with van der Waals surface area (Å²) >= 11 is 0. The average molecular weight is 382 g/mol. The number of hydrogen-bond acceptors (Lipinski definition) is 6. The maximum atomic E-state index is 12.8. The first kappa shape index (κ1) is 19.8. The molecule has 0 atom stereocenters. The molecule has 2 aromatic rings. The summed E-state index contributed by atoms with van der Waals surface area (Å²) in [5, 5.41) is 7.28. The molecule has 0 saturated heterocycles. The summed E-state index contributed by atoms with van der Waals surface area (Å²) in [5.74, 6) is 4.90. The molecule has 0 aliphatic heterocycles. The van der Waals surface area contributed by atoms with Gasteiger partial charge in [-0.3, -0.25) is 10.3 Å². The lowest BCUT2D eigenvalue weighted by molar-refractivity contribution is -0.137. The standard InChI is InChI=1S/C16H17F3N6O2/c17-16(18,19)10-5-11(20)7-13(6-10)24-15(26)25-14(27-21)9-22-8-12-3-1-2-4-23-12/h1-7,9,22H,8,20-21H2,(H2,24,25,26)/b14-9-. The molecule has 0 fully saturated rings. The Hall–Kier alpha value is -3.47. The predicted octanol–water partition coefficient (Wildman–Crippen LogP) is 2.28. The quantitative estimate of drug-likeness (QED) is 0.296. The summed E-state index contributed by atoms with van der Waals surface area (Å²) in [5.41, 5.74) is 4.89. The van der Waals surface area contributed by atoms with Gasteiger partial charge < -0.3 is 21.2 Å². The van der Waals surface area contributed by atoms with E-state index < -0.39 is 17.8 Å². The van der Waals surface area contributed by atoms with E-state index in [1.807, 2.05) is 0 Å². The van der Waals surface area contributed by atoms with Crippen LogP contribution >= 0.6 is 0 Å². The second kappa shape index (κ2) is 8.76. The minimum atomic E-state index is -4.59.